The van der Waals surface area contributed by atoms with Gasteiger partial charge in [0, 0.05) is 11.8 Å². The smallest absolute Gasteiger partial charge is 0.131 e. The van der Waals surface area contributed by atoms with Gasteiger partial charge in [0.15, 0.2) is 0 Å². The number of hydrogen-bond acceptors (Lipinski definition) is 6. The number of aliphatic hydroxyl groups is 1. The van der Waals surface area contributed by atoms with Crippen LogP contribution in [0.5, 0.6) is 0 Å². The monoisotopic (exact) mass is 189 g/mol. The summed E-state index contributed by atoms with van der Waals surface area (Å²) in [5.41, 5.74) is 7.66. The number of hydrazine groups is 1. The van der Waals surface area contributed by atoms with Crippen LogP contribution in [0.15, 0.2) is 23.4 Å². The van der Waals surface area contributed by atoms with Crippen LogP contribution in [0.3, 0.4) is 0 Å². The summed E-state index contributed by atoms with van der Waals surface area (Å²) >= 11 is 0. The summed E-state index contributed by atoms with van der Waals surface area (Å²) in [6.07, 6.45) is 4.75. The standard InChI is InChI=1S/C8H7N5O/c14-5-1-4-2-9-3-10-6(4)8-7(5)11-13-12-8/h1-3,7,11,13-14H. The molecule has 0 bridgehead atoms. The van der Waals surface area contributed by atoms with Gasteiger partial charge in [-0.1, -0.05) is 0 Å². The zero-order valence-corrected chi connectivity index (χ0v) is 7.10. The summed E-state index contributed by atoms with van der Waals surface area (Å²) in [7, 11) is 0. The molecular formula is C8H7N5O. The first-order chi connectivity index (χ1) is 6.86. The van der Waals surface area contributed by atoms with Crippen molar-refractivity contribution >= 4 is 11.8 Å². The molecule has 0 saturated carbocycles. The number of aliphatic hydroxyl groups excluding tert-OH is 1. The molecule has 0 radical (unpaired) electrons. The van der Waals surface area contributed by atoms with E-state index >= 15 is 0 Å². The topological polar surface area (TPSA) is 82.4 Å². The third-order valence-electron chi connectivity index (χ3n) is 2.24. The minimum absolute atomic E-state index is 0.219. The van der Waals surface area contributed by atoms with Crippen molar-refractivity contribution in [1.82, 2.24) is 20.9 Å². The van der Waals surface area contributed by atoms with E-state index in [1.807, 2.05) is 0 Å². The van der Waals surface area contributed by atoms with Gasteiger partial charge in [0.1, 0.15) is 23.8 Å². The van der Waals surface area contributed by atoms with Crippen molar-refractivity contribution in [3.63, 3.8) is 0 Å². The molecule has 0 saturated heterocycles. The Morgan fingerprint density at radius 3 is 3.29 bits per heavy atom. The molecule has 0 spiro atoms. The molecule has 1 atom stereocenters. The van der Waals surface area contributed by atoms with Crippen LogP contribution in [0.1, 0.15) is 11.3 Å². The molecule has 6 nitrogen and oxygen atoms in total. The van der Waals surface area contributed by atoms with Gasteiger partial charge in [-0.3, -0.25) is 0 Å². The van der Waals surface area contributed by atoms with Crippen LogP contribution >= 0.6 is 0 Å². The van der Waals surface area contributed by atoms with Crippen molar-refractivity contribution < 1.29 is 5.11 Å². The van der Waals surface area contributed by atoms with Crippen LogP contribution in [0.25, 0.3) is 6.08 Å². The lowest BCUT2D eigenvalue weighted by Gasteiger charge is -2.17. The molecule has 3 rings (SSSR count). The Kier molecular flexibility index (Phi) is 1.34. The Bertz CT molecular complexity index is 453. The fourth-order valence-electron chi connectivity index (χ4n) is 1.60. The molecule has 6 heteroatoms. The van der Waals surface area contributed by atoms with Crippen molar-refractivity contribution in [2.24, 2.45) is 5.10 Å². The highest BCUT2D eigenvalue weighted by Crippen LogP contribution is 2.22. The second-order valence-electron chi connectivity index (χ2n) is 3.08. The van der Waals surface area contributed by atoms with Crippen molar-refractivity contribution in [3.05, 3.63) is 29.5 Å². The quantitative estimate of drug-likeness (QED) is 0.516. The summed E-state index contributed by atoms with van der Waals surface area (Å²) in [6.45, 7) is 0. The summed E-state index contributed by atoms with van der Waals surface area (Å²) in [6, 6.07) is -0.294. The predicted molar refractivity (Wildman–Crippen MR) is 49.2 cm³/mol. The normalized spacial score (nSPS) is 23.0. The Morgan fingerprint density at radius 2 is 2.36 bits per heavy atom. The molecular weight excluding hydrogens is 182 g/mol. The van der Waals surface area contributed by atoms with E-state index in [1.54, 1.807) is 12.3 Å². The molecule has 1 aromatic heterocycles. The number of nitrogens with one attached hydrogen (secondary N) is 2. The number of nitrogens with zero attached hydrogens (tertiary/aromatic N) is 3. The van der Waals surface area contributed by atoms with Crippen molar-refractivity contribution in [3.8, 4) is 0 Å². The summed E-state index contributed by atoms with van der Waals surface area (Å²) in [4.78, 5) is 8.00. The number of hydrogen-bond donors (Lipinski definition) is 3. The molecule has 14 heavy (non-hydrogen) atoms. The fraction of sp³-hybridized carbons (Fsp3) is 0.125. The molecule has 1 aromatic rings. The van der Waals surface area contributed by atoms with E-state index in [0.29, 0.717) is 5.71 Å². The van der Waals surface area contributed by atoms with E-state index in [0.717, 1.165) is 11.3 Å². The zero-order valence-electron chi connectivity index (χ0n) is 7.10. The lowest BCUT2D eigenvalue weighted by molar-refractivity contribution is 0.370. The van der Waals surface area contributed by atoms with Crippen LogP contribution in [0.2, 0.25) is 0 Å². The van der Waals surface area contributed by atoms with Gasteiger partial charge in [-0.2, -0.15) is 5.10 Å². The molecule has 0 aromatic carbocycles. The molecule has 1 unspecified atom stereocenters. The molecule has 2 heterocycles. The first kappa shape index (κ1) is 7.45. The zero-order chi connectivity index (χ0) is 9.54. The number of aromatic nitrogens is 2. The Labute approximate surface area is 79.4 Å². The predicted octanol–water partition coefficient (Wildman–Crippen LogP) is -0.430. The van der Waals surface area contributed by atoms with Crippen LogP contribution in [-0.4, -0.2) is 26.8 Å². The van der Waals surface area contributed by atoms with Gasteiger partial charge in [-0.15, -0.1) is 0 Å². The summed E-state index contributed by atoms with van der Waals surface area (Å²) in [5.74, 6) is 0.219. The average molecular weight is 189 g/mol. The molecule has 1 aliphatic heterocycles. The number of fused-ring (bicyclic) bond motifs is 3. The fourth-order valence-corrected chi connectivity index (χ4v) is 1.60. The third-order valence-corrected chi connectivity index (χ3v) is 2.24. The van der Waals surface area contributed by atoms with Gasteiger partial charge in [-0.25, -0.2) is 20.9 Å². The Balaban J connectivity index is 2.25. The molecule has 0 fully saturated rings. The van der Waals surface area contributed by atoms with E-state index in [2.05, 4.69) is 26.0 Å². The lowest BCUT2D eigenvalue weighted by atomic mass is 9.97. The number of rotatable bonds is 0. The Morgan fingerprint density at radius 1 is 1.43 bits per heavy atom. The van der Waals surface area contributed by atoms with Gasteiger partial charge < -0.3 is 5.11 Å². The highest BCUT2D eigenvalue weighted by atomic mass is 16.3. The maximum Gasteiger partial charge on any atom is 0.131 e. The van der Waals surface area contributed by atoms with E-state index < -0.39 is 0 Å². The highest BCUT2D eigenvalue weighted by Gasteiger charge is 2.32. The summed E-state index contributed by atoms with van der Waals surface area (Å²) in [5, 5.41) is 13.7. The minimum atomic E-state index is -0.294. The van der Waals surface area contributed by atoms with Crippen LogP contribution in [0, 0.1) is 0 Å². The largest absolute Gasteiger partial charge is 0.510 e. The van der Waals surface area contributed by atoms with Gasteiger partial charge >= 0.3 is 0 Å². The van der Waals surface area contributed by atoms with Gasteiger partial charge in [-0.05, 0) is 6.08 Å². The van der Waals surface area contributed by atoms with E-state index in [-0.39, 0.29) is 11.8 Å². The van der Waals surface area contributed by atoms with Crippen LogP contribution in [0.4, 0.5) is 0 Å². The second-order valence-corrected chi connectivity index (χ2v) is 3.08. The van der Waals surface area contributed by atoms with E-state index in [4.69, 9.17) is 0 Å². The minimum Gasteiger partial charge on any atom is -0.510 e. The maximum absolute atomic E-state index is 9.65. The molecule has 0 amide bonds. The van der Waals surface area contributed by atoms with Gasteiger partial charge in [0.05, 0.1) is 5.69 Å². The van der Waals surface area contributed by atoms with Crippen molar-refractivity contribution in [2.75, 3.05) is 0 Å². The molecule has 3 N–H and O–H groups in total. The van der Waals surface area contributed by atoms with E-state index in [9.17, 15) is 5.11 Å². The van der Waals surface area contributed by atoms with Gasteiger partial charge in [0.25, 0.3) is 0 Å². The van der Waals surface area contributed by atoms with Gasteiger partial charge in [0.2, 0.25) is 0 Å². The van der Waals surface area contributed by atoms with Crippen molar-refractivity contribution in [2.45, 2.75) is 6.04 Å². The molecule has 2 aliphatic rings. The SMILES string of the molecule is OC1=Cc2cncnc2C2=NNNC12. The third kappa shape index (κ3) is 0.854. The van der Waals surface area contributed by atoms with E-state index in [1.165, 1.54) is 6.33 Å². The second kappa shape index (κ2) is 2.52. The molecule has 70 valence electrons. The Hall–Kier alpha value is -1.95. The first-order valence-corrected chi connectivity index (χ1v) is 4.15. The highest BCUT2D eigenvalue weighted by molar-refractivity contribution is 6.09. The first-order valence-electron chi connectivity index (χ1n) is 4.15. The van der Waals surface area contributed by atoms with Crippen LogP contribution in [-0.2, 0) is 0 Å². The van der Waals surface area contributed by atoms with Crippen molar-refractivity contribution in [1.29, 1.82) is 0 Å². The lowest BCUT2D eigenvalue weighted by Crippen LogP contribution is -2.38. The maximum atomic E-state index is 9.65. The summed E-state index contributed by atoms with van der Waals surface area (Å²) < 4.78 is 0. The van der Waals surface area contributed by atoms with Crippen LogP contribution < -0.4 is 11.0 Å². The average Bonchev–Trinajstić information content (AvgIpc) is 2.67. The number of hydrazone groups is 1. The molecule has 1 aliphatic carbocycles.